The van der Waals surface area contributed by atoms with Crippen LogP contribution in [0.1, 0.15) is 73.5 Å². The molecule has 0 aliphatic heterocycles. The van der Waals surface area contributed by atoms with Gasteiger partial charge in [-0.15, -0.1) is 0 Å². The van der Waals surface area contributed by atoms with Crippen molar-refractivity contribution in [3.63, 3.8) is 0 Å². The van der Waals surface area contributed by atoms with Crippen LogP contribution in [0.2, 0.25) is 0 Å². The average Bonchev–Trinajstić information content (AvgIpc) is 3.15. The standard InChI is InChI=1S/C26H30N2O/c1-18(2)22-16-14-19(3)24-25(21-12-8-5-9-13-21)27-28(26(22)24)23(29)17-15-20-10-6-4-7-11-20/h4-13,18-19,22H,14-17H2,1-3H3. The van der Waals surface area contributed by atoms with Gasteiger partial charge in [0.15, 0.2) is 0 Å². The summed E-state index contributed by atoms with van der Waals surface area (Å²) in [5, 5.41) is 4.92. The van der Waals surface area contributed by atoms with Crippen LogP contribution in [0.15, 0.2) is 60.7 Å². The molecule has 3 nitrogen and oxygen atoms in total. The topological polar surface area (TPSA) is 34.9 Å². The second-order valence-corrected chi connectivity index (χ2v) is 8.63. The number of fused-ring (bicyclic) bond motifs is 1. The number of carbonyl (C=O) groups excluding carboxylic acids is 1. The molecule has 29 heavy (non-hydrogen) atoms. The maximum absolute atomic E-state index is 13.3. The minimum absolute atomic E-state index is 0.104. The molecule has 3 heteroatoms. The van der Waals surface area contributed by atoms with Crippen molar-refractivity contribution in [3.05, 3.63) is 77.5 Å². The number of aromatic nitrogens is 2. The van der Waals surface area contributed by atoms with Gasteiger partial charge in [-0.25, -0.2) is 4.68 Å². The number of hydrogen-bond acceptors (Lipinski definition) is 2. The van der Waals surface area contributed by atoms with Crippen molar-refractivity contribution < 1.29 is 4.79 Å². The molecule has 2 unspecified atom stereocenters. The second-order valence-electron chi connectivity index (χ2n) is 8.63. The summed E-state index contributed by atoms with van der Waals surface area (Å²) in [6, 6.07) is 20.6. The van der Waals surface area contributed by atoms with E-state index in [1.165, 1.54) is 11.1 Å². The van der Waals surface area contributed by atoms with E-state index in [9.17, 15) is 4.79 Å². The van der Waals surface area contributed by atoms with Gasteiger partial charge in [0.1, 0.15) is 0 Å². The molecule has 0 spiro atoms. The number of carbonyl (C=O) groups is 1. The van der Waals surface area contributed by atoms with Crippen LogP contribution >= 0.6 is 0 Å². The smallest absolute Gasteiger partial charge is 0.247 e. The summed E-state index contributed by atoms with van der Waals surface area (Å²) in [6.45, 7) is 6.80. The van der Waals surface area contributed by atoms with Crippen molar-refractivity contribution in [1.29, 1.82) is 0 Å². The maximum atomic E-state index is 13.3. The predicted octanol–water partition coefficient (Wildman–Crippen LogP) is 6.46. The molecule has 0 fully saturated rings. The van der Waals surface area contributed by atoms with Gasteiger partial charge < -0.3 is 0 Å². The summed E-state index contributed by atoms with van der Waals surface area (Å²) in [4.78, 5) is 13.3. The molecule has 1 aromatic heterocycles. The third-order valence-corrected chi connectivity index (χ3v) is 6.27. The molecule has 4 rings (SSSR count). The van der Waals surface area contributed by atoms with Crippen LogP contribution in [-0.2, 0) is 6.42 Å². The van der Waals surface area contributed by atoms with Gasteiger partial charge in [0.25, 0.3) is 0 Å². The molecule has 0 saturated heterocycles. The summed E-state index contributed by atoms with van der Waals surface area (Å²) in [5.74, 6) is 1.40. The van der Waals surface area contributed by atoms with Crippen LogP contribution in [0.5, 0.6) is 0 Å². The van der Waals surface area contributed by atoms with E-state index in [-0.39, 0.29) is 5.91 Å². The van der Waals surface area contributed by atoms with Gasteiger partial charge in [-0.05, 0) is 36.7 Å². The van der Waals surface area contributed by atoms with Crippen LogP contribution in [0.4, 0.5) is 0 Å². The van der Waals surface area contributed by atoms with Crippen LogP contribution in [-0.4, -0.2) is 15.7 Å². The lowest BCUT2D eigenvalue weighted by molar-refractivity contribution is 0.0879. The maximum Gasteiger partial charge on any atom is 0.247 e. The monoisotopic (exact) mass is 386 g/mol. The lowest BCUT2D eigenvalue weighted by Crippen LogP contribution is -2.24. The van der Waals surface area contributed by atoms with E-state index in [2.05, 4.69) is 45.0 Å². The zero-order valence-corrected chi connectivity index (χ0v) is 17.6. The van der Waals surface area contributed by atoms with E-state index >= 15 is 0 Å². The van der Waals surface area contributed by atoms with Crippen molar-refractivity contribution in [3.8, 4) is 11.3 Å². The number of benzene rings is 2. The van der Waals surface area contributed by atoms with Crippen LogP contribution in [0.25, 0.3) is 11.3 Å². The van der Waals surface area contributed by atoms with Crippen LogP contribution in [0.3, 0.4) is 0 Å². The van der Waals surface area contributed by atoms with Crippen LogP contribution < -0.4 is 0 Å². The van der Waals surface area contributed by atoms with Gasteiger partial charge in [0, 0.05) is 23.5 Å². The van der Waals surface area contributed by atoms with Gasteiger partial charge in [0.2, 0.25) is 5.91 Å². The Morgan fingerprint density at radius 1 is 1.03 bits per heavy atom. The Morgan fingerprint density at radius 2 is 1.69 bits per heavy atom. The lowest BCUT2D eigenvalue weighted by Gasteiger charge is -2.30. The fourth-order valence-electron chi connectivity index (χ4n) is 4.65. The van der Waals surface area contributed by atoms with Gasteiger partial charge >= 0.3 is 0 Å². The highest BCUT2D eigenvalue weighted by atomic mass is 16.2. The zero-order chi connectivity index (χ0) is 20.4. The van der Waals surface area contributed by atoms with Crippen molar-refractivity contribution in [2.45, 2.75) is 58.3 Å². The molecular formula is C26H30N2O. The van der Waals surface area contributed by atoms with Crippen molar-refractivity contribution >= 4 is 5.91 Å². The lowest BCUT2D eigenvalue weighted by atomic mass is 9.75. The van der Waals surface area contributed by atoms with Crippen molar-refractivity contribution in [1.82, 2.24) is 9.78 Å². The van der Waals surface area contributed by atoms with Crippen LogP contribution in [0, 0.1) is 5.92 Å². The highest BCUT2D eigenvalue weighted by molar-refractivity contribution is 5.81. The number of hydrogen-bond donors (Lipinski definition) is 0. The fourth-order valence-corrected chi connectivity index (χ4v) is 4.65. The first-order valence-corrected chi connectivity index (χ1v) is 10.8. The Labute approximate surface area is 173 Å². The van der Waals surface area contributed by atoms with Crippen molar-refractivity contribution in [2.24, 2.45) is 5.92 Å². The van der Waals surface area contributed by atoms with E-state index in [1.807, 2.05) is 36.4 Å². The van der Waals surface area contributed by atoms with Crippen molar-refractivity contribution in [2.75, 3.05) is 0 Å². The van der Waals surface area contributed by atoms with E-state index in [0.29, 0.717) is 24.2 Å². The molecule has 2 aromatic carbocycles. The van der Waals surface area contributed by atoms with Gasteiger partial charge in [-0.2, -0.15) is 5.10 Å². The molecule has 150 valence electrons. The Hall–Kier alpha value is -2.68. The highest BCUT2D eigenvalue weighted by Crippen LogP contribution is 2.46. The Bertz CT molecular complexity index is 973. The molecule has 1 aliphatic rings. The summed E-state index contributed by atoms with van der Waals surface area (Å²) in [7, 11) is 0. The van der Waals surface area contributed by atoms with Gasteiger partial charge in [0.05, 0.1) is 11.4 Å². The average molecular weight is 387 g/mol. The van der Waals surface area contributed by atoms with E-state index in [1.54, 1.807) is 4.68 Å². The van der Waals surface area contributed by atoms with Gasteiger partial charge in [-0.1, -0.05) is 81.4 Å². The summed E-state index contributed by atoms with van der Waals surface area (Å²) < 4.78 is 1.76. The first kappa shape index (κ1) is 19.6. The number of rotatable bonds is 5. The predicted molar refractivity (Wildman–Crippen MR) is 118 cm³/mol. The minimum Gasteiger partial charge on any atom is -0.273 e. The Morgan fingerprint density at radius 3 is 2.34 bits per heavy atom. The molecule has 1 aliphatic carbocycles. The van der Waals surface area contributed by atoms with E-state index < -0.39 is 0 Å². The first-order valence-electron chi connectivity index (χ1n) is 10.8. The fraction of sp³-hybridized carbons (Fsp3) is 0.385. The van der Waals surface area contributed by atoms with Gasteiger partial charge in [-0.3, -0.25) is 4.79 Å². The Kier molecular flexibility index (Phi) is 5.66. The quantitative estimate of drug-likeness (QED) is 0.504. The molecule has 0 saturated carbocycles. The normalized spacial score (nSPS) is 18.6. The molecule has 1 heterocycles. The highest BCUT2D eigenvalue weighted by Gasteiger charge is 2.35. The molecule has 0 radical (unpaired) electrons. The molecular weight excluding hydrogens is 356 g/mol. The Balaban J connectivity index is 1.75. The molecule has 0 N–H and O–H groups in total. The molecule has 0 bridgehead atoms. The van der Waals surface area contributed by atoms with E-state index in [0.717, 1.165) is 36.2 Å². The first-order chi connectivity index (χ1) is 14.1. The summed E-state index contributed by atoms with van der Waals surface area (Å²) in [6.07, 6.45) is 3.50. The number of aryl methyl sites for hydroxylation is 1. The number of nitrogens with zero attached hydrogens (tertiary/aromatic N) is 2. The minimum atomic E-state index is 0.104. The third-order valence-electron chi connectivity index (χ3n) is 6.27. The SMILES string of the molecule is CC1CCC(C(C)C)c2c1c(-c1ccccc1)nn2C(=O)CCc1ccccc1. The summed E-state index contributed by atoms with van der Waals surface area (Å²) >= 11 is 0. The third kappa shape index (κ3) is 3.91. The molecule has 3 aromatic rings. The zero-order valence-electron chi connectivity index (χ0n) is 17.6. The second kappa shape index (κ2) is 8.36. The molecule has 2 atom stereocenters. The summed E-state index contributed by atoms with van der Waals surface area (Å²) in [5.41, 5.74) is 5.74. The largest absolute Gasteiger partial charge is 0.273 e. The molecule has 0 amide bonds. The van der Waals surface area contributed by atoms with E-state index in [4.69, 9.17) is 5.10 Å².